The lowest BCUT2D eigenvalue weighted by atomic mass is 9.51. The highest BCUT2D eigenvalue weighted by atomic mass is 32.2. The van der Waals surface area contributed by atoms with Gasteiger partial charge in [-0.3, -0.25) is 9.59 Å². The van der Waals surface area contributed by atoms with E-state index in [9.17, 15) is 9.59 Å². The molecule has 1 aromatic carbocycles. The van der Waals surface area contributed by atoms with E-state index in [1.165, 1.54) is 12.2 Å². The number of ketones is 1. The molecule has 5 unspecified atom stereocenters. The van der Waals surface area contributed by atoms with Crippen LogP contribution in [0.3, 0.4) is 0 Å². The van der Waals surface area contributed by atoms with E-state index < -0.39 is 0 Å². The van der Waals surface area contributed by atoms with Crippen molar-refractivity contribution in [3.63, 3.8) is 0 Å². The number of piperidine rings is 1. The number of Topliss-reactive ketones (excluding diaryl/α,β-unsaturated/α-hetero) is 1. The first kappa shape index (κ1) is 18.5. The maximum atomic E-state index is 13.4. The molecular weight excluding hydrogens is 366 g/mol. The predicted octanol–water partition coefficient (Wildman–Crippen LogP) is 4.82. The van der Waals surface area contributed by atoms with Crippen molar-refractivity contribution < 1.29 is 9.59 Å². The third-order valence-electron chi connectivity index (χ3n) is 7.95. The second-order valence-corrected chi connectivity index (χ2v) is 11.2. The zero-order valence-corrected chi connectivity index (χ0v) is 17.6. The minimum absolute atomic E-state index is 0.0793. The first-order chi connectivity index (χ1) is 13.4. The fraction of sp³-hybridized carbons (Fsp3) is 0.583. The third-order valence-corrected chi connectivity index (χ3v) is 9.50. The fourth-order valence-electron chi connectivity index (χ4n) is 6.65. The SMILES string of the molecule is CC12CC(=O)C3C(CC=C4N(Cc5ccccc5)C(=O)CCC43C)C1CCS2. The molecule has 0 N–H and O–H groups in total. The number of thioether (sulfide) groups is 1. The van der Waals surface area contributed by atoms with Crippen molar-refractivity contribution in [1.29, 1.82) is 0 Å². The van der Waals surface area contributed by atoms with Gasteiger partial charge in [0, 0.05) is 34.6 Å². The van der Waals surface area contributed by atoms with Gasteiger partial charge in [-0.1, -0.05) is 43.3 Å². The predicted molar refractivity (Wildman–Crippen MR) is 113 cm³/mol. The van der Waals surface area contributed by atoms with Gasteiger partial charge in [-0.15, -0.1) is 0 Å². The molecule has 0 spiro atoms. The van der Waals surface area contributed by atoms with Crippen LogP contribution in [0.4, 0.5) is 0 Å². The quantitative estimate of drug-likeness (QED) is 0.720. The van der Waals surface area contributed by atoms with Crippen molar-refractivity contribution in [2.75, 3.05) is 5.75 Å². The molecule has 2 aliphatic carbocycles. The highest BCUT2D eigenvalue weighted by Crippen LogP contribution is 2.62. The van der Waals surface area contributed by atoms with E-state index in [1.54, 1.807) is 0 Å². The third kappa shape index (κ3) is 2.63. The van der Waals surface area contributed by atoms with Crippen LogP contribution in [0.25, 0.3) is 0 Å². The fourth-order valence-corrected chi connectivity index (χ4v) is 8.24. The van der Waals surface area contributed by atoms with Crippen LogP contribution in [0.15, 0.2) is 42.1 Å². The summed E-state index contributed by atoms with van der Waals surface area (Å²) in [5, 5.41) is 0. The topological polar surface area (TPSA) is 37.4 Å². The summed E-state index contributed by atoms with van der Waals surface area (Å²) in [7, 11) is 0. The van der Waals surface area contributed by atoms with E-state index in [0.29, 0.717) is 37.0 Å². The van der Waals surface area contributed by atoms with E-state index >= 15 is 0 Å². The first-order valence-electron chi connectivity index (χ1n) is 10.6. The minimum atomic E-state index is -0.197. The molecule has 2 saturated heterocycles. The smallest absolute Gasteiger partial charge is 0.227 e. The molecule has 1 saturated carbocycles. The number of allylic oxidation sites excluding steroid dienone is 2. The Bertz CT molecular complexity index is 849. The average molecular weight is 396 g/mol. The van der Waals surface area contributed by atoms with Crippen LogP contribution in [0.1, 0.15) is 51.5 Å². The van der Waals surface area contributed by atoms with E-state index in [2.05, 4.69) is 32.1 Å². The van der Waals surface area contributed by atoms with Gasteiger partial charge in [0.2, 0.25) is 5.91 Å². The maximum Gasteiger partial charge on any atom is 0.227 e. The zero-order chi connectivity index (χ0) is 19.5. The largest absolute Gasteiger partial charge is 0.312 e. The van der Waals surface area contributed by atoms with Crippen molar-refractivity contribution in [3.05, 3.63) is 47.7 Å². The number of likely N-dealkylation sites (tertiary alicyclic amines) is 1. The number of rotatable bonds is 2. The van der Waals surface area contributed by atoms with Crippen LogP contribution in [-0.4, -0.2) is 27.1 Å². The highest BCUT2D eigenvalue weighted by molar-refractivity contribution is 8.00. The number of carbonyl (C=O) groups excluding carboxylic acids is 2. The second kappa shape index (κ2) is 6.48. The molecule has 28 heavy (non-hydrogen) atoms. The number of nitrogens with zero attached hydrogens (tertiary/aromatic N) is 1. The van der Waals surface area contributed by atoms with Gasteiger partial charge in [0.15, 0.2) is 0 Å². The highest BCUT2D eigenvalue weighted by Gasteiger charge is 2.60. The summed E-state index contributed by atoms with van der Waals surface area (Å²) in [5.41, 5.74) is 2.08. The van der Waals surface area contributed by atoms with Crippen molar-refractivity contribution in [3.8, 4) is 0 Å². The number of amides is 1. The number of carbonyl (C=O) groups is 2. The summed E-state index contributed by atoms with van der Waals surface area (Å²) in [5.74, 6) is 2.99. The number of benzene rings is 1. The Balaban J connectivity index is 1.52. The van der Waals surface area contributed by atoms with E-state index in [-0.39, 0.29) is 22.0 Å². The number of hydrogen-bond donors (Lipinski definition) is 0. The van der Waals surface area contributed by atoms with Gasteiger partial charge in [-0.25, -0.2) is 0 Å². The summed E-state index contributed by atoms with van der Waals surface area (Å²) < 4.78 is 0.133. The summed E-state index contributed by atoms with van der Waals surface area (Å²) in [6, 6.07) is 10.2. The molecule has 3 nitrogen and oxygen atoms in total. The van der Waals surface area contributed by atoms with Gasteiger partial charge >= 0.3 is 0 Å². The number of fused-ring (bicyclic) bond motifs is 5. The van der Waals surface area contributed by atoms with Crippen LogP contribution in [0.5, 0.6) is 0 Å². The van der Waals surface area contributed by atoms with Crippen LogP contribution >= 0.6 is 11.8 Å². The van der Waals surface area contributed by atoms with E-state index in [4.69, 9.17) is 0 Å². The molecule has 5 atom stereocenters. The van der Waals surface area contributed by atoms with Crippen molar-refractivity contribution >= 4 is 23.5 Å². The standard InChI is InChI=1S/C24H29NO2S/c1-23-12-10-21(27)25(15-16-6-4-3-5-7-16)20(23)9-8-17-18-11-13-28-24(18,2)14-19(26)22(17)23/h3-7,9,17-18,22H,8,10-15H2,1-2H3. The van der Waals surface area contributed by atoms with Gasteiger partial charge in [0.25, 0.3) is 0 Å². The molecule has 3 fully saturated rings. The molecule has 1 amide bonds. The molecule has 2 heterocycles. The molecule has 4 aliphatic rings. The molecule has 1 aromatic rings. The Morgan fingerprint density at radius 2 is 1.96 bits per heavy atom. The monoisotopic (exact) mass is 395 g/mol. The van der Waals surface area contributed by atoms with Crippen LogP contribution < -0.4 is 0 Å². The van der Waals surface area contributed by atoms with Gasteiger partial charge in [-0.2, -0.15) is 11.8 Å². The normalized spacial score (nSPS) is 39.9. The zero-order valence-electron chi connectivity index (χ0n) is 16.8. The summed E-state index contributed by atoms with van der Waals surface area (Å²) >= 11 is 2.01. The molecule has 0 bridgehead atoms. The van der Waals surface area contributed by atoms with Crippen molar-refractivity contribution in [2.45, 2.75) is 57.2 Å². The van der Waals surface area contributed by atoms with Crippen molar-refractivity contribution in [1.82, 2.24) is 4.90 Å². The Morgan fingerprint density at radius 1 is 1.18 bits per heavy atom. The molecule has 2 aliphatic heterocycles. The maximum absolute atomic E-state index is 13.4. The minimum Gasteiger partial charge on any atom is -0.312 e. The van der Waals surface area contributed by atoms with Gasteiger partial charge in [0.1, 0.15) is 5.78 Å². The van der Waals surface area contributed by atoms with Crippen molar-refractivity contribution in [2.24, 2.45) is 23.2 Å². The molecule has 5 rings (SSSR count). The average Bonchev–Trinajstić information content (AvgIpc) is 3.06. The van der Waals surface area contributed by atoms with Gasteiger partial charge in [0.05, 0.1) is 6.54 Å². The lowest BCUT2D eigenvalue weighted by molar-refractivity contribution is -0.145. The molecule has 0 aromatic heterocycles. The van der Waals surface area contributed by atoms with E-state index in [1.807, 2.05) is 34.9 Å². The van der Waals surface area contributed by atoms with Gasteiger partial charge < -0.3 is 4.90 Å². The Kier molecular flexibility index (Phi) is 4.28. The van der Waals surface area contributed by atoms with E-state index in [0.717, 1.165) is 24.1 Å². The van der Waals surface area contributed by atoms with Crippen LogP contribution in [0.2, 0.25) is 0 Å². The number of hydrogen-bond acceptors (Lipinski definition) is 3. The molecule has 0 radical (unpaired) electrons. The Morgan fingerprint density at radius 3 is 2.75 bits per heavy atom. The summed E-state index contributed by atoms with van der Waals surface area (Å²) in [6.45, 7) is 5.20. The molecule has 4 heteroatoms. The van der Waals surface area contributed by atoms with Crippen LogP contribution in [-0.2, 0) is 16.1 Å². The lowest BCUT2D eigenvalue weighted by Gasteiger charge is -2.56. The molecule has 148 valence electrons. The first-order valence-corrected chi connectivity index (χ1v) is 11.6. The summed E-state index contributed by atoms with van der Waals surface area (Å²) in [6.07, 6.45) is 6.57. The Hall–Kier alpha value is -1.55. The second-order valence-electron chi connectivity index (χ2n) is 9.55. The molecular formula is C24H29NO2S. The van der Waals surface area contributed by atoms with Crippen LogP contribution in [0, 0.1) is 23.2 Å². The Labute approximate surface area is 171 Å². The van der Waals surface area contributed by atoms with Gasteiger partial charge in [-0.05, 0) is 49.3 Å². The lowest BCUT2D eigenvalue weighted by Crippen LogP contribution is -2.57. The summed E-state index contributed by atoms with van der Waals surface area (Å²) in [4.78, 5) is 28.3.